The maximum Gasteiger partial charge on any atom is 0.0950 e. The molecule has 1 unspecified atom stereocenters. The molecule has 1 atom stereocenters. The van der Waals surface area contributed by atoms with Gasteiger partial charge in [0.1, 0.15) is 0 Å². The number of nitrogens with zero attached hydrogens (tertiary/aromatic N) is 2. The summed E-state index contributed by atoms with van der Waals surface area (Å²) in [6, 6.07) is 0.700. The van der Waals surface area contributed by atoms with Gasteiger partial charge in [-0.1, -0.05) is 0 Å². The van der Waals surface area contributed by atoms with Gasteiger partial charge in [0.2, 0.25) is 0 Å². The van der Waals surface area contributed by atoms with E-state index in [1.165, 1.54) is 30.0 Å². The molecule has 1 aliphatic heterocycles. The molecule has 1 fully saturated rings. The van der Waals surface area contributed by atoms with Gasteiger partial charge in [-0.15, -0.1) is 0 Å². The molecule has 2 nitrogen and oxygen atoms in total. The molecule has 1 aromatic heterocycles. The van der Waals surface area contributed by atoms with Gasteiger partial charge in [0.05, 0.1) is 6.33 Å². The molecule has 0 amide bonds. The molecule has 12 heavy (non-hydrogen) atoms. The van der Waals surface area contributed by atoms with Crippen LogP contribution in [0.25, 0.3) is 0 Å². The molecule has 1 aliphatic rings. The Morgan fingerprint density at radius 2 is 2.58 bits per heavy atom. The molecule has 1 saturated heterocycles. The second kappa shape index (κ2) is 3.52. The van der Waals surface area contributed by atoms with Crippen LogP contribution in [0.5, 0.6) is 0 Å². The molecule has 2 heterocycles. The van der Waals surface area contributed by atoms with Crippen molar-refractivity contribution in [2.75, 3.05) is 11.5 Å². The van der Waals surface area contributed by atoms with Crippen LogP contribution < -0.4 is 0 Å². The van der Waals surface area contributed by atoms with E-state index in [0.29, 0.717) is 6.04 Å². The van der Waals surface area contributed by atoms with Gasteiger partial charge in [0.25, 0.3) is 0 Å². The van der Waals surface area contributed by atoms with Crippen molar-refractivity contribution in [3.63, 3.8) is 0 Å². The first kappa shape index (κ1) is 8.17. The van der Waals surface area contributed by atoms with Gasteiger partial charge in [0, 0.05) is 23.7 Å². The van der Waals surface area contributed by atoms with Crippen LogP contribution in [0.4, 0.5) is 0 Å². The Balaban J connectivity index is 2.13. The number of hydrogen-bond donors (Lipinski definition) is 0. The third-order valence-electron chi connectivity index (χ3n) is 2.39. The quantitative estimate of drug-likeness (QED) is 0.663. The first-order valence-corrected chi connectivity index (χ1v) is 5.59. The largest absolute Gasteiger partial charge is 0.331 e. The van der Waals surface area contributed by atoms with Gasteiger partial charge in [-0.05, 0) is 25.5 Å². The zero-order chi connectivity index (χ0) is 8.39. The van der Waals surface area contributed by atoms with Crippen molar-refractivity contribution in [2.24, 2.45) is 0 Å². The van der Waals surface area contributed by atoms with Crippen LogP contribution in [-0.2, 0) is 0 Å². The summed E-state index contributed by atoms with van der Waals surface area (Å²) < 4.78 is 2.31. The Morgan fingerprint density at radius 1 is 1.67 bits per heavy atom. The summed E-state index contributed by atoms with van der Waals surface area (Å²) >= 11 is 2.06. The average Bonchev–Trinajstić information content (AvgIpc) is 2.53. The summed E-state index contributed by atoms with van der Waals surface area (Å²) in [6.07, 6.45) is 6.59. The lowest BCUT2D eigenvalue weighted by Crippen LogP contribution is -2.16. The van der Waals surface area contributed by atoms with Gasteiger partial charge >= 0.3 is 0 Å². The van der Waals surface area contributed by atoms with E-state index in [1.807, 2.05) is 12.5 Å². The number of imidazole rings is 1. The third-order valence-corrected chi connectivity index (χ3v) is 3.59. The van der Waals surface area contributed by atoms with Crippen molar-refractivity contribution in [2.45, 2.75) is 25.8 Å². The highest BCUT2D eigenvalue weighted by atomic mass is 32.2. The fraction of sp³-hybridized carbons (Fsp3) is 0.667. The maximum atomic E-state index is 4.15. The predicted molar refractivity (Wildman–Crippen MR) is 52.6 cm³/mol. The van der Waals surface area contributed by atoms with Crippen LogP contribution in [-0.4, -0.2) is 21.1 Å². The molecule has 0 aliphatic carbocycles. The lowest BCUT2D eigenvalue weighted by Gasteiger charge is -2.23. The molecule has 0 aromatic carbocycles. The molecule has 0 spiro atoms. The topological polar surface area (TPSA) is 17.8 Å². The van der Waals surface area contributed by atoms with Crippen LogP contribution in [0.3, 0.4) is 0 Å². The minimum atomic E-state index is 0.700. The lowest BCUT2D eigenvalue weighted by atomic mass is 10.2. The van der Waals surface area contributed by atoms with Gasteiger partial charge in [-0.2, -0.15) is 11.8 Å². The highest BCUT2D eigenvalue weighted by molar-refractivity contribution is 7.99. The fourth-order valence-corrected chi connectivity index (χ4v) is 2.83. The van der Waals surface area contributed by atoms with Crippen molar-refractivity contribution in [1.82, 2.24) is 9.55 Å². The van der Waals surface area contributed by atoms with Crippen molar-refractivity contribution < 1.29 is 0 Å². The molecule has 0 bridgehead atoms. The van der Waals surface area contributed by atoms with Gasteiger partial charge in [0.15, 0.2) is 0 Å². The number of aromatic nitrogens is 2. The Bertz CT molecular complexity index is 251. The van der Waals surface area contributed by atoms with Crippen molar-refractivity contribution in [3.05, 3.63) is 18.2 Å². The van der Waals surface area contributed by atoms with Crippen LogP contribution in [0.2, 0.25) is 0 Å². The van der Waals surface area contributed by atoms with E-state index < -0.39 is 0 Å². The van der Waals surface area contributed by atoms with Gasteiger partial charge < -0.3 is 4.57 Å². The zero-order valence-electron chi connectivity index (χ0n) is 7.36. The summed E-state index contributed by atoms with van der Waals surface area (Å²) in [5.74, 6) is 2.60. The molecule has 0 radical (unpaired) electrons. The molecular formula is C9H14N2S. The molecule has 66 valence electrons. The summed E-state index contributed by atoms with van der Waals surface area (Å²) in [7, 11) is 0. The number of thioether (sulfide) groups is 1. The Kier molecular flexibility index (Phi) is 2.40. The molecule has 0 N–H and O–H groups in total. The van der Waals surface area contributed by atoms with Crippen molar-refractivity contribution in [1.29, 1.82) is 0 Å². The molecule has 2 rings (SSSR count). The highest BCUT2D eigenvalue weighted by Crippen LogP contribution is 2.27. The maximum absolute atomic E-state index is 4.15. The van der Waals surface area contributed by atoms with Crippen LogP contribution >= 0.6 is 11.8 Å². The number of rotatable bonds is 1. The van der Waals surface area contributed by atoms with E-state index >= 15 is 0 Å². The smallest absolute Gasteiger partial charge is 0.0950 e. The van der Waals surface area contributed by atoms with E-state index in [-0.39, 0.29) is 0 Å². The van der Waals surface area contributed by atoms with Crippen molar-refractivity contribution >= 4 is 11.8 Å². The number of aryl methyl sites for hydroxylation is 1. The SMILES string of the molecule is Cc1cncn1C1CCCSC1. The lowest BCUT2D eigenvalue weighted by molar-refractivity contribution is 0.491. The van der Waals surface area contributed by atoms with Gasteiger partial charge in [-0.25, -0.2) is 4.98 Å². The Morgan fingerprint density at radius 3 is 3.17 bits per heavy atom. The molecule has 3 heteroatoms. The van der Waals surface area contributed by atoms with E-state index in [2.05, 4.69) is 28.2 Å². The fourth-order valence-electron chi connectivity index (χ4n) is 1.70. The van der Waals surface area contributed by atoms with E-state index in [0.717, 1.165) is 0 Å². The van der Waals surface area contributed by atoms with Gasteiger partial charge in [-0.3, -0.25) is 0 Å². The normalized spacial score (nSPS) is 24.2. The molecule has 1 aromatic rings. The first-order valence-electron chi connectivity index (χ1n) is 4.44. The van der Waals surface area contributed by atoms with E-state index in [4.69, 9.17) is 0 Å². The second-order valence-electron chi connectivity index (χ2n) is 3.31. The highest BCUT2D eigenvalue weighted by Gasteiger charge is 2.15. The standard InChI is InChI=1S/C9H14N2S/c1-8-5-10-7-11(8)9-3-2-4-12-6-9/h5,7,9H,2-4,6H2,1H3. The minimum Gasteiger partial charge on any atom is -0.331 e. The first-order chi connectivity index (χ1) is 5.88. The molecule has 0 saturated carbocycles. The summed E-state index contributed by atoms with van der Waals surface area (Å²) in [5, 5.41) is 0. The third kappa shape index (κ3) is 1.51. The van der Waals surface area contributed by atoms with Crippen LogP contribution in [0.15, 0.2) is 12.5 Å². The predicted octanol–water partition coefficient (Wildman–Crippen LogP) is 2.26. The van der Waals surface area contributed by atoms with Crippen molar-refractivity contribution in [3.8, 4) is 0 Å². The Labute approximate surface area is 77.4 Å². The minimum absolute atomic E-state index is 0.700. The van der Waals surface area contributed by atoms with Crippen LogP contribution in [0, 0.1) is 6.92 Å². The zero-order valence-corrected chi connectivity index (χ0v) is 8.18. The second-order valence-corrected chi connectivity index (χ2v) is 4.46. The van der Waals surface area contributed by atoms with Crippen LogP contribution in [0.1, 0.15) is 24.6 Å². The van der Waals surface area contributed by atoms with E-state index in [1.54, 1.807) is 0 Å². The summed E-state index contributed by atoms with van der Waals surface area (Å²) in [6.45, 7) is 2.13. The molecular weight excluding hydrogens is 168 g/mol. The summed E-state index contributed by atoms with van der Waals surface area (Å²) in [4.78, 5) is 4.15. The summed E-state index contributed by atoms with van der Waals surface area (Å²) in [5.41, 5.74) is 1.29. The number of hydrogen-bond acceptors (Lipinski definition) is 2. The van der Waals surface area contributed by atoms with E-state index in [9.17, 15) is 0 Å². The monoisotopic (exact) mass is 182 g/mol. The Hall–Kier alpha value is -0.440. The average molecular weight is 182 g/mol.